The molecular weight excluding hydrogens is 413 g/mol. The summed E-state index contributed by atoms with van der Waals surface area (Å²) in [4.78, 5) is 9.94. The van der Waals surface area contributed by atoms with Gasteiger partial charge in [0.2, 0.25) is 0 Å². The van der Waals surface area contributed by atoms with Crippen molar-refractivity contribution in [1.29, 1.82) is 0 Å². The van der Waals surface area contributed by atoms with Gasteiger partial charge in [-0.25, -0.2) is 0 Å². The zero-order chi connectivity index (χ0) is 16.7. The van der Waals surface area contributed by atoms with Crippen molar-refractivity contribution < 1.29 is 0 Å². The van der Waals surface area contributed by atoms with Crippen LogP contribution in [0, 0.1) is 0 Å². The molecule has 1 atom stereocenters. The van der Waals surface area contributed by atoms with Crippen molar-refractivity contribution in [3.8, 4) is 0 Å². The van der Waals surface area contributed by atoms with Crippen molar-refractivity contribution >= 4 is 29.9 Å². The van der Waals surface area contributed by atoms with Gasteiger partial charge in [0, 0.05) is 24.7 Å². The summed E-state index contributed by atoms with van der Waals surface area (Å²) in [5, 5.41) is 6.95. The standard InChI is InChI=1S/C18H37N5.HI/c1-5-19-17(20-14-16-10-9-11-22(16)4)21-15-18(2,3)23-12-7-6-8-13-23;/h16H,5-15H2,1-4H3,(H2,19,20,21);1H. The molecule has 0 aliphatic carbocycles. The molecule has 0 aromatic heterocycles. The van der Waals surface area contributed by atoms with E-state index in [1.807, 2.05) is 0 Å². The third kappa shape index (κ3) is 6.67. The Bertz CT molecular complexity index is 380. The lowest BCUT2D eigenvalue weighted by molar-refractivity contribution is 0.102. The highest BCUT2D eigenvalue weighted by molar-refractivity contribution is 14.0. The van der Waals surface area contributed by atoms with E-state index in [0.717, 1.165) is 25.6 Å². The number of hydrogen-bond acceptors (Lipinski definition) is 3. The van der Waals surface area contributed by atoms with Crippen LogP contribution in [-0.2, 0) is 0 Å². The van der Waals surface area contributed by atoms with Crippen molar-refractivity contribution in [2.75, 3.05) is 46.3 Å². The number of halogens is 1. The summed E-state index contributed by atoms with van der Waals surface area (Å²) < 4.78 is 0. The number of aliphatic imine (C=N–C) groups is 1. The van der Waals surface area contributed by atoms with Gasteiger partial charge in [0.25, 0.3) is 0 Å². The smallest absolute Gasteiger partial charge is 0.191 e. The second-order valence-corrected chi connectivity index (χ2v) is 7.71. The molecule has 2 aliphatic rings. The topological polar surface area (TPSA) is 42.9 Å². The number of nitrogens with zero attached hydrogens (tertiary/aromatic N) is 3. The van der Waals surface area contributed by atoms with Gasteiger partial charge >= 0.3 is 0 Å². The fourth-order valence-electron chi connectivity index (χ4n) is 3.67. The van der Waals surface area contributed by atoms with Gasteiger partial charge < -0.3 is 15.5 Å². The molecule has 2 rings (SSSR count). The molecule has 2 N–H and O–H groups in total. The van der Waals surface area contributed by atoms with Gasteiger partial charge in [-0.2, -0.15) is 0 Å². The fourth-order valence-corrected chi connectivity index (χ4v) is 3.67. The molecule has 24 heavy (non-hydrogen) atoms. The molecule has 0 bridgehead atoms. The Balaban J connectivity index is 0.00000288. The largest absolute Gasteiger partial charge is 0.357 e. The monoisotopic (exact) mass is 451 g/mol. The molecule has 0 spiro atoms. The Morgan fingerprint density at radius 1 is 1.08 bits per heavy atom. The second-order valence-electron chi connectivity index (χ2n) is 7.71. The summed E-state index contributed by atoms with van der Waals surface area (Å²) >= 11 is 0. The lowest BCUT2D eigenvalue weighted by atomic mass is 9.99. The SMILES string of the molecule is CCNC(=NCC(C)(C)N1CCCCC1)NCC1CCCN1C.I. The van der Waals surface area contributed by atoms with E-state index in [2.05, 4.69) is 48.3 Å². The van der Waals surface area contributed by atoms with Gasteiger partial charge in [0.1, 0.15) is 0 Å². The Hall–Kier alpha value is -0.0800. The number of piperidine rings is 1. The lowest BCUT2D eigenvalue weighted by Gasteiger charge is -2.40. The molecule has 0 radical (unpaired) electrons. The molecule has 1 unspecified atom stereocenters. The fraction of sp³-hybridized carbons (Fsp3) is 0.944. The summed E-state index contributed by atoms with van der Waals surface area (Å²) in [7, 11) is 2.23. The summed E-state index contributed by atoms with van der Waals surface area (Å²) in [5.41, 5.74) is 0.146. The minimum atomic E-state index is 0. The first-order valence-electron chi connectivity index (χ1n) is 9.50. The number of nitrogens with one attached hydrogen (secondary N) is 2. The lowest BCUT2D eigenvalue weighted by Crippen LogP contribution is -2.50. The Morgan fingerprint density at radius 3 is 2.38 bits per heavy atom. The molecule has 2 saturated heterocycles. The highest BCUT2D eigenvalue weighted by atomic mass is 127. The van der Waals surface area contributed by atoms with E-state index in [4.69, 9.17) is 4.99 Å². The van der Waals surface area contributed by atoms with Crippen molar-refractivity contribution in [3.63, 3.8) is 0 Å². The molecule has 0 amide bonds. The van der Waals surface area contributed by atoms with Gasteiger partial charge in [-0.3, -0.25) is 9.89 Å². The van der Waals surface area contributed by atoms with E-state index < -0.39 is 0 Å². The summed E-state index contributed by atoms with van der Waals surface area (Å²) in [6, 6.07) is 0.647. The highest BCUT2D eigenvalue weighted by Gasteiger charge is 2.27. The predicted molar refractivity (Wildman–Crippen MR) is 115 cm³/mol. The maximum absolute atomic E-state index is 4.88. The zero-order valence-electron chi connectivity index (χ0n) is 16.1. The number of hydrogen-bond donors (Lipinski definition) is 2. The van der Waals surface area contributed by atoms with E-state index in [-0.39, 0.29) is 29.5 Å². The Labute approximate surface area is 166 Å². The van der Waals surface area contributed by atoms with Crippen LogP contribution in [-0.4, -0.2) is 73.7 Å². The minimum absolute atomic E-state index is 0. The average Bonchev–Trinajstić information content (AvgIpc) is 2.96. The van der Waals surface area contributed by atoms with Gasteiger partial charge in [-0.1, -0.05) is 6.42 Å². The number of likely N-dealkylation sites (tertiary alicyclic amines) is 2. The first-order valence-corrected chi connectivity index (χ1v) is 9.50. The van der Waals surface area contributed by atoms with Crippen LogP contribution in [0.4, 0.5) is 0 Å². The van der Waals surface area contributed by atoms with Gasteiger partial charge in [0.05, 0.1) is 6.54 Å². The van der Waals surface area contributed by atoms with E-state index in [0.29, 0.717) is 6.04 Å². The first-order chi connectivity index (χ1) is 11.0. The highest BCUT2D eigenvalue weighted by Crippen LogP contribution is 2.20. The molecular formula is C18H38IN5. The second kappa shape index (κ2) is 10.8. The Morgan fingerprint density at radius 2 is 1.79 bits per heavy atom. The summed E-state index contributed by atoms with van der Waals surface area (Å²) in [5.74, 6) is 0.970. The molecule has 2 heterocycles. The molecule has 6 heteroatoms. The molecule has 2 fully saturated rings. The number of rotatable bonds is 6. The molecule has 0 saturated carbocycles. The van der Waals surface area contributed by atoms with Crippen molar-refractivity contribution in [1.82, 2.24) is 20.4 Å². The Kier molecular flexibility index (Phi) is 9.89. The van der Waals surface area contributed by atoms with E-state index >= 15 is 0 Å². The number of likely N-dealkylation sites (N-methyl/N-ethyl adjacent to an activating group) is 1. The normalized spacial score (nSPS) is 23.8. The molecule has 0 aromatic carbocycles. The van der Waals surface area contributed by atoms with Crippen molar-refractivity contribution in [2.24, 2.45) is 4.99 Å². The van der Waals surface area contributed by atoms with Crippen LogP contribution in [0.3, 0.4) is 0 Å². The third-order valence-electron chi connectivity index (χ3n) is 5.36. The maximum atomic E-state index is 4.88. The molecule has 0 aromatic rings. The summed E-state index contributed by atoms with van der Waals surface area (Å²) in [6.45, 7) is 13.2. The maximum Gasteiger partial charge on any atom is 0.191 e. The zero-order valence-corrected chi connectivity index (χ0v) is 18.4. The van der Waals surface area contributed by atoms with Crippen LogP contribution in [0.25, 0.3) is 0 Å². The molecule has 142 valence electrons. The van der Waals surface area contributed by atoms with Crippen LogP contribution in [0.1, 0.15) is 52.9 Å². The van der Waals surface area contributed by atoms with Crippen molar-refractivity contribution in [3.05, 3.63) is 0 Å². The van der Waals surface area contributed by atoms with Crippen LogP contribution in [0.5, 0.6) is 0 Å². The summed E-state index contributed by atoms with van der Waals surface area (Å²) in [6.07, 6.45) is 6.66. The molecule has 2 aliphatic heterocycles. The average molecular weight is 451 g/mol. The van der Waals surface area contributed by atoms with Crippen LogP contribution >= 0.6 is 24.0 Å². The molecule has 5 nitrogen and oxygen atoms in total. The minimum Gasteiger partial charge on any atom is -0.357 e. The van der Waals surface area contributed by atoms with E-state index in [9.17, 15) is 0 Å². The van der Waals surface area contributed by atoms with Gasteiger partial charge in [-0.15, -0.1) is 24.0 Å². The first kappa shape index (κ1) is 22.0. The quantitative estimate of drug-likeness (QED) is 0.370. The van der Waals surface area contributed by atoms with Gasteiger partial charge in [-0.05, 0) is 73.1 Å². The van der Waals surface area contributed by atoms with Crippen LogP contribution < -0.4 is 10.6 Å². The predicted octanol–water partition coefficient (Wildman–Crippen LogP) is 2.52. The van der Waals surface area contributed by atoms with Crippen LogP contribution in [0.2, 0.25) is 0 Å². The van der Waals surface area contributed by atoms with E-state index in [1.54, 1.807) is 0 Å². The van der Waals surface area contributed by atoms with E-state index in [1.165, 1.54) is 51.7 Å². The third-order valence-corrected chi connectivity index (χ3v) is 5.36. The number of guanidine groups is 1. The van der Waals surface area contributed by atoms with Crippen LogP contribution in [0.15, 0.2) is 4.99 Å². The van der Waals surface area contributed by atoms with Gasteiger partial charge in [0.15, 0.2) is 5.96 Å². The van der Waals surface area contributed by atoms with Crippen molar-refractivity contribution in [2.45, 2.75) is 64.5 Å².